The zero-order valence-electron chi connectivity index (χ0n) is 23.2. The number of phosphoric ester groups is 2. The van der Waals surface area contributed by atoms with E-state index >= 15 is 0 Å². The van der Waals surface area contributed by atoms with Gasteiger partial charge in [-0.05, 0) is 0 Å². The number of hydrogen-bond donors (Lipinski definition) is 10. The summed E-state index contributed by atoms with van der Waals surface area (Å²) in [5.41, 5.74) is 9.69. The van der Waals surface area contributed by atoms with Crippen LogP contribution in [0, 0.1) is 0 Å². The van der Waals surface area contributed by atoms with Crippen LogP contribution in [0.15, 0.2) is 15.9 Å². The zero-order valence-corrected chi connectivity index (χ0v) is 26.6. The van der Waals surface area contributed by atoms with Gasteiger partial charge in [-0.3, -0.25) is 33.2 Å². The number of ether oxygens (including phenoxy) is 2. The molecule has 2 unspecified atom stereocenters. The number of rotatable bonds is 9. The van der Waals surface area contributed by atoms with Gasteiger partial charge in [-0.15, -0.1) is 0 Å². The lowest BCUT2D eigenvalue weighted by atomic mass is 10.00. The first-order valence-electron chi connectivity index (χ1n) is 13.1. The molecule has 3 aromatic rings. The lowest BCUT2D eigenvalue weighted by Gasteiger charge is -2.41. The first kappa shape index (κ1) is 33.6. The molecule has 0 amide bonds. The maximum atomic E-state index is 12.6. The van der Waals surface area contributed by atoms with Crippen molar-refractivity contribution in [2.75, 3.05) is 35.3 Å². The van der Waals surface area contributed by atoms with Crippen molar-refractivity contribution in [3.8, 4) is 0 Å². The molecule has 0 aromatic carbocycles. The molecule has 2 saturated heterocycles. The third-order valence-electron chi connectivity index (χ3n) is 7.01. The Bertz CT molecular complexity index is 1990. The number of imidazole rings is 1. The predicted octanol–water partition coefficient (Wildman–Crippen LogP) is -2.39. The number of aliphatic hydroxyl groups is 2. The zero-order chi connectivity index (χ0) is 34.0. The first-order chi connectivity index (χ1) is 22.0. The van der Waals surface area contributed by atoms with Crippen LogP contribution in [0.25, 0.3) is 11.2 Å². The van der Waals surface area contributed by atoms with Crippen LogP contribution in [-0.2, 0) is 32.0 Å². The van der Waals surface area contributed by atoms with E-state index in [1.807, 2.05) is 0 Å². The monoisotopic (exact) mass is 738 g/mol. The molecule has 23 nitrogen and oxygen atoms in total. The van der Waals surface area contributed by atoms with Crippen molar-refractivity contribution in [3.63, 3.8) is 0 Å². The first-order valence-corrected chi connectivity index (χ1v) is 16.9. The van der Waals surface area contributed by atoms with E-state index in [2.05, 4.69) is 39.9 Å². The number of hydrogen-bond acceptors (Lipinski definition) is 20. The van der Waals surface area contributed by atoms with E-state index in [1.165, 1.54) is 0 Å². The van der Waals surface area contributed by atoms with Crippen LogP contribution in [0.2, 0.25) is 0 Å². The third-order valence-corrected chi connectivity index (χ3v) is 10.7. The smallest absolute Gasteiger partial charge is 0.387 e. The summed E-state index contributed by atoms with van der Waals surface area (Å²) in [6, 6.07) is -0.813. The largest absolute Gasteiger partial charge is 0.481 e. The number of nitrogens with two attached hydrogens (primary N) is 2. The number of fused-ring (bicyclic) bond motifs is 3. The van der Waals surface area contributed by atoms with Gasteiger partial charge in [-0.1, -0.05) is 24.4 Å². The molecule has 0 saturated carbocycles. The van der Waals surface area contributed by atoms with Gasteiger partial charge in [0.05, 0.1) is 29.3 Å². The van der Waals surface area contributed by atoms with E-state index in [1.54, 1.807) is 0 Å². The minimum atomic E-state index is -5.39. The van der Waals surface area contributed by atoms with Gasteiger partial charge in [0.2, 0.25) is 11.9 Å². The topological polar surface area (TPSA) is 347 Å². The van der Waals surface area contributed by atoms with Gasteiger partial charge in [0, 0.05) is 0 Å². The summed E-state index contributed by atoms with van der Waals surface area (Å²) in [7, 11) is -10.7. The molecule has 254 valence electrons. The van der Waals surface area contributed by atoms with E-state index < -0.39 is 82.9 Å². The molecule has 3 aliphatic rings. The fourth-order valence-electron chi connectivity index (χ4n) is 4.89. The van der Waals surface area contributed by atoms with Crippen LogP contribution in [0.3, 0.4) is 0 Å². The standard InChI is InChI=1S/C20H24N10O13P2S2/c21-19-26-13-7(15(33)28-19)24-6-12(47)11(46)5(41-17(6)25-13)2-40-45(37,38)43-44(35,36)39-1-4-9(31)10(32)18(42-4)30-3-23-8-14(30)27-20(22)29-16(8)34/h3-6,9-10,17-18,24,31-32H,1-2H2,(H,35,36)(H,37,38)(H3,22,27,29,34)(H4,21,25,26,28,33)/t4-,5-,6+,9-,10-,17-,18-/m1/s1. The highest BCUT2D eigenvalue weighted by atomic mass is 32.1. The van der Waals surface area contributed by atoms with Crippen molar-refractivity contribution in [2.45, 2.75) is 42.9 Å². The van der Waals surface area contributed by atoms with E-state index in [4.69, 9.17) is 54.4 Å². The Morgan fingerprint density at radius 1 is 0.936 bits per heavy atom. The van der Waals surface area contributed by atoms with Gasteiger partial charge in [-0.25, -0.2) is 14.1 Å². The number of aliphatic hydroxyl groups excluding tert-OH is 2. The molecule has 12 N–H and O–H groups in total. The van der Waals surface area contributed by atoms with Crippen molar-refractivity contribution in [3.05, 3.63) is 27.0 Å². The van der Waals surface area contributed by atoms with Crippen LogP contribution >= 0.6 is 40.1 Å². The molecule has 6 rings (SSSR count). The Hall–Kier alpha value is -3.29. The lowest BCUT2D eigenvalue weighted by Crippen LogP contribution is -2.60. The van der Waals surface area contributed by atoms with Crippen LogP contribution in [-0.4, -0.2) is 109 Å². The number of thiocarbonyl (C=S) groups is 2. The normalized spacial score (nSPS) is 29.7. The van der Waals surface area contributed by atoms with Crippen LogP contribution in [0.5, 0.6) is 0 Å². The van der Waals surface area contributed by atoms with Crippen molar-refractivity contribution >= 4 is 84.4 Å². The summed E-state index contributed by atoms with van der Waals surface area (Å²) < 4.78 is 51.5. The molecule has 6 heterocycles. The molecular weight excluding hydrogens is 714 g/mol. The molecule has 3 aliphatic heterocycles. The Labute approximate surface area is 270 Å². The highest BCUT2D eigenvalue weighted by molar-refractivity contribution is 7.89. The second-order valence-electron chi connectivity index (χ2n) is 10.1. The summed E-state index contributed by atoms with van der Waals surface area (Å²) >= 11 is 10.7. The summed E-state index contributed by atoms with van der Waals surface area (Å²) in [5, 5.41) is 26.7. The van der Waals surface area contributed by atoms with Gasteiger partial charge in [0.25, 0.3) is 11.1 Å². The number of nitrogens with zero attached hydrogens (tertiary/aromatic N) is 4. The summed E-state index contributed by atoms with van der Waals surface area (Å²) in [6.07, 6.45) is -7.40. The number of nitrogen functional groups attached to an aromatic ring is 2. The molecule has 0 aliphatic carbocycles. The molecule has 3 aromatic heterocycles. The number of H-pyrrole nitrogens is 2. The van der Waals surface area contributed by atoms with E-state index in [-0.39, 0.29) is 44.3 Å². The predicted molar refractivity (Wildman–Crippen MR) is 165 cm³/mol. The van der Waals surface area contributed by atoms with Crippen LogP contribution < -0.4 is 33.2 Å². The number of aromatic amines is 2. The fourth-order valence-corrected chi connectivity index (χ4v) is 7.54. The van der Waals surface area contributed by atoms with Gasteiger partial charge >= 0.3 is 15.6 Å². The summed E-state index contributed by atoms with van der Waals surface area (Å²) in [5.74, 6) is -0.395. The number of anilines is 4. The highest BCUT2D eigenvalue weighted by Gasteiger charge is 2.47. The number of aromatic nitrogens is 6. The molecule has 0 bridgehead atoms. The van der Waals surface area contributed by atoms with E-state index in [9.17, 15) is 38.7 Å². The third kappa shape index (κ3) is 6.58. The van der Waals surface area contributed by atoms with E-state index in [0.29, 0.717) is 0 Å². The highest BCUT2D eigenvalue weighted by Crippen LogP contribution is 2.60. The molecule has 0 radical (unpaired) electrons. The van der Waals surface area contributed by atoms with Gasteiger partial charge in [-0.2, -0.15) is 14.3 Å². The number of nitrogens with one attached hydrogen (secondary N) is 4. The minimum absolute atomic E-state index is 0.0316. The van der Waals surface area contributed by atoms with Crippen LogP contribution in [0.1, 0.15) is 6.23 Å². The van der Waals surface area contributed by atoms with Gasteiger partial charge in [0.1, 0.15) is 36.1 Å². The minimum Gasteiger partial charge on any atom is -0.387 e. The second kappa shape index (κ2) is 12.3. The quantitative estimate of drug-likeness (QED) is 0.0808. The summed E-state index contributed by atoms with van der Waals surface area (Å²) in [4.78, 5) is 61.0. The Morgan fingerprint density at radius 2 is 1.60 bits per heavy atom. The Morgan fingerprint density at radius 3 is 2.32 bits per heavy atom. The van der Waals surface area contributed by atoms with E-state index in [0.717, 1.165) is 10.9 Å². The molecule has 47 heavy (non-hydrogen) atoms. The maximum Gasteiger partial charge on any atom is 0.481 e. The molecule has 9 atom stereocenters. The van der Waals surface area contributed by atoms with Crippen molar-refractivity contribution in [2.24, 2.45) is 0 Å². The second-order valence-corrected chi connectivity index (χ2v) is 14.1. The number of phosphoric acid groups is 2. The Balaban J connectivity index is 1.05. The van der Waals surface area contributed by atoms with Crippen molar-refractivity contribution in [1.29, 1.82) is 0 Å². The molecule has 0 spiro atoms. The van der Waals surface area contributed by atoms with Gasteiger partial charge < -0.3 is 51.6 Å². The average Bonchev–Trinajstić information content (AvgIpc) is 3.52. The maximum absolute atomic E-state index is 12.6. The SMILES string of the molecule is Nc1nc2c(c(=O)[nH]1)N[C@H]1C(=S)C(=S)[C@@H](COP(=O)(O)OP(=O)(O)OC[C@H]3O[C@@H](n4cnc5c(=O)[nH]c(N)nc54)[C@H](O)[C@@H]3O)O[C@H]1N2. The van der Waals surface area contributed by atoms with Crippen LogP contribution in [0.4, 0.5) is 23.4 Å². The molecule has 2 fully saturated rings. The Kier molecular flexibility index (Phi) is 8.80. The average molecular weight is 739 g/mol. The summed E-state index contributed by atoms with van der Waals surface area (Å²) in [6.45, 7) is -1.71. The lowest BCUT2D eigenvalue weighted by molar-refractivity contribution is -0.0505. The van der Waals surface area contributed by atoms with Crippen molar-refractivity contribution in [1.82, 2.24) is 29.5 Å². The molecule has 27 heteroatoms. The van der Waals surface area contributed by atoms with Crippen molar-refractivity contribution < 1.29 is 52.0 Å². The molecular formula is C20H24N10O13P2S2. The van der Waals surface area contributed by atoms with Gasteiger partial charge in [0.15, 0.2) is 29.4 Å². The fraction of sp³-hybridized carbons (Fsp3) is 0.450.